The van der Waals surface area contributed by atoms with Crippen molar-refractivity contribution in [1.82, 2.24) is 10.3 Å². The summed E-state index contributed by atoms with van der Waals surface area (Å²) in [5, 5.41) is 13.0. The van der Waals surface area contributed by atoms with Gasteiger partial charge < -0.3 is 15.4 Å². The number of carbonyl (C=O) groups excluding carboxylic acids is 1. The summed E-state index contributed by atoms with van der Waals surface area (Å²) in [5.41, 5.74) is 3.42. The Morgan fingerprint density at radius 1 is 1.00 bits per heavy atom. The summed E-state index contributed by atoms with van der Waals surface area (Å²) in [6, 6.07) is 16.8. The van der Waals surface area contributed by atoms with E-state index in [0.717, 1.165) is 23.2 Å². The third-order valence-electron chi connectivity index (χ3n) is 4.14. The van der Waals surface area contributed by atoms with Crippen molar-refractivity contribution in [1.29, 1.82) is 0 Å². The molecule has 1 amide bonds. The summed E-state index contributed by atoms with van der Waals surface area (Å²) in [6.07, 6.45) is 1.74. The number of carbonyl (C=O) groups is 2. The number of aromatic carboxylic acids is 1. The standard InChI is InChI=1S/C20H20N2O3/c23-19(10-7-14-5-8-15(9-6-14)20(24)25)21-12-11-17-13-16-3-1-2-4-18(16)22-17/h1-6,8-9,13,22H,7,10-12H2,(H,21,23)(H,24,25). The molecule has 0 spiro atoms. The molecule has 0 unspecified atom stereocenters. The molecule has 5 heteroatoms. The van der Waals surface area contributed by atoms with Gasteiger partial charge in [-0.3, -0.25) is 4.79 Å². The predicted molar refractivity (Wildman–Crippen MR) is 96.7 cm³/mol. The van der Waals surface area contributed by atoms with Crippen LogP contribution in [0.25, 0.3) is 10.9 Å². The molecule has 3 aromatic rings. The van der Waals surface area contributed by atoms with E-state index in [2.05, 4.69) is 22.4 Å². The van der Waals surface area contributed by atoms with Gasteiger partial charge in [-0.05, 0) is 41.6 Å². The highest BCUT2D eigenvalue weighted by atomic mass is 16.4. The number of aromatic amines is 1. The minimum absolute atomic E-state index is 0.00146. The van der Waals surface area contributed by atoms with Gasteiger partial charge in [-0.15, -0.1) is 0 Å². The first-order chi connectivity index (χ1) is 12.1. The molecule has 3 N–H and O–H groups in total. The van der Waals surface area contributed by atoms with Crippen molar-refractivity contribution in [2.45, 2.75) is 19.3 Å². The fourth-order valence-electron chi connectivity index (χ4n) is 2.76. The highest BCUT2D eigenvalue weighted by Crippen LogP contribution is 2.14. The van der Waals surface area contributed by atoms with E-state index in [4.69, 9.17) is 5.11 Å². The predicted octanol–water partition coefficient (Wildman–Crippen LogP) is 3.16. The molecule has 0 bridgehead atoms. The number of aryl methyl sites for hydroxylation is 1. The minimum Gasteiger partial charge on any atom is -0.478 e. The van der Waals surface area contributed by atoms with E-state index >= 15 is 0 Å². The molecule has 3 rings (SSSR count). The Morgan fingerprint density at radius 3 is 2.48 bits per heavy atom. The average molecular weight is 336 g/mol. The van der Waals surface area contributed by atoms with E-state index in [1.807, 2.05) is 18.2 Å². The first-order valence-corrected chi connectivity index (χ1v) is 8.27. The molecule has 1 heterocycles. The summed E-state index contributed by atoms with van der Waals surface area (Å²) < 4.78 is 0. The number of rotatable bonds is 7. The molecule has 0 radical (unpaired) electrons. The van der Waals surface area contributed by atoms with E-state index in [-0.39, 0.29) is 11.5 Å². The van der Waals surface area contributed by atoms with Crippen LogP contribution in [0.4, 0.5) is 0 Å². The number of hydrogen-bond acceptors (Lipinski definition) is 2. The van der Waals surface area contributed by atoms with Crippen molar-refractivity contribution in [3.8, 4) is 0 Å². The Hall–Kier alpha value is -3.08. The van der Waals surface area contributed by atoms with E-state index in [1.54, 1.807) is 24.3 Å². The van der Waals surface area contributed by atoms with Gasteiger partial charge in [0.25, 0.3) is 0 Å². The Balaban J connectivity index is 1.42. The lowest BCUT2D eigenvalue weighted by atomic mass is 10.1. The van der Waals surface area contributed by atoms with Crippen molar-refractivity contribution >= 4 is 22.8 Å². The Morgan fingerprint density at radius 2 is 1.76 bits per heavy atom. The van der Waals surface area contributed by atoms with Crippen molar-refractivity contribution in [2.75, 3.05) is 6.54 Å². The molecule has 0 fully saturated rings. The second-order valence-corrected chi connectivity index (χ2v) is 5.98. The summed E-state index contributed by atoms with van der Waals surface area (Å²) in [7, 11) is 0. The lowest BCUT2D eigenvalue weighted by Gasteiger charge is -2.05. The van der Waals surface area contributed by atoms with E-state index in [1.165, 1.54) is 5.39 Å². The first kappa shape index (κ1) is 16.8. The van der Waals surface area contributed by atoms with Crippen LogP contribution >= 0.6 is 0 Å². The molecule has 25 heavy (non-hydrogen) atoms. The summed E-state index contributed by atoms with van der Waals surface area (Å²) in [6.45, 7) is 0.587. The highest BCUT2D eigenvalue weighted by molar-refractivity contribution is 5.87. The van der Waals surface area contributed by atoms with Gasteiger partial charge in [-0.2, -0.15) is 0 Å². The Labute approximate surface area is 145 Å². The van der Waals surface area contributed by atoms with E-state index in [0.29, 0.717) is 19.4 Å². The zero-order valence-electron chi connectivity index (χ0n) is 13.8. The monoisotopic (exact) mass is 336 g/mol. The van der Waals surface area contributed by atoms with Gasteiger partial charge in [0.15, 0.2) is 0 Å². The lowest BCUT2D eigenvalue weighted by molar-refractivity contribution is -0.121. The van der Waals surface area contributed by atoms with Crippen LogP contribution in [-0.2, 0) is 17.6 Å². The molecular formula is C20H20N2O3. The number of para-hydroxylation sites is 1. The van der Waals surface area contributed by atoms with Crippen molar-refractivity contribution in [2.24, 2.45) is 0 Å². The number of carboxylic acid groups (broad SMARTS) is 1. The topological polar surface area (TPSA) is 82.2 Å². The maximum Gasteiger partial charge on any atom is 0.335 e. The summed E-state index contributed by atoms with van der Waals surface area (Å²) in [5.74, 6) is -0.945. The number of fused-ring (bicyclic) bond motifs is 1. The molecule has 0 saturated carbocycles. The van der Waals surface area contributed by atoms with Crippen LogP contribution in [0, 0.1) is 0 Å². The Bertz CT molecular complexity index is 848. The average Bonchev–Trinajstić information content (AvgIpc) is 3.03. The number of aromatic nitrogens is 1. The number of nitrogens with one attached hydrogen (secondary N) is 2. The van der Waals surface area contributed by atoms with Gasteiger partial charge in [-0.1, -0.05) is 30.3 Å². The second-order valence-electron chi connectivity index (χ2n) is 5.98. The number of benzene rings is 2. The smallest absolute Gasteiger partial charge is 0.335 e. The molecule has 0 aliphatic heterocycles. The largest absolute Gasteiger partial charge is 0.478 e. The van der Waals surface area contributed by atoms with Gasteiger partial charge in [0, 0.05) is 30.6 Å². The van der Waals surface area contributed by atoms with Crippen LogP contribution in [-0.4, -0.2) is 28.5 Å². The van der Waals surface area contributed by atoms with Gasteiger partial charge in [0.1, 0.15) is 0 Å². The van der Waals surface area contributed by atoms with Crippen LogP contribution < -0.4 is 5.32 Å². The molecule has 0 aliphatic carbocycles. The maximum absolute atomic E-state index is 11.9. The van der Waals surface area contributed by atoms with Crippen LogP contribution in [0.3, 0.4) is 0 Å². The van der Waals surface area contributed by atoms with Gasteiger partial charge in [-0.25, -0.2) is 4.79 Å². The maximum atomic E-state index is 11.9. The zero-order valence-corrected chi connectivity index (χ0v) is 13.8. The van der Waals surface area contributed by atoms with Crippen molar-refractivity contribution in [3.05, 3.63) is 71.4 Å². The molecule has 0 aliphatic rings. The molecule has 1 aromatic heterocycles. The molecule has 0 atom stereocenters. The molecule has 2 aromatic carbocycles. The van der Waals surface area contributed by atoms with E-state index in [9.17, 15) is 9.59 Å². The van der Waals surface area contributed by atoms with Crippen molar-refractivity contribution in [3.63, 3.8) is 0 Å². The molecular weight excluding hydrogens is 316 g/mol. The van der Waals surface area contributed by atoms with Crippen LogP contribution in [0.15, 0.2) is 54.6 Å². The molecule has 128 valence electrons. The summed E-state index contributed by atoms with van der Waals surface area (Å²) in [4.78, 5) is 26.1. The fourth-order valence-corrected chi connectivity index (χ4v) is 2.76. The number of hydrogen-bond donors (Lipinski definition) is 3. The SMILES string of the molecule is O=C(CCc1ccc(C(=O)O)cc1)NCCc1cc2ccccc2[nH]1. The van der Waals surface area contributed by atoms with Crippen LogP contribution in [0.1, 0.15) is 28.0 Å². The quantitative estimate of drug-likeness (QED) is 0.620. The lowest BCUT2D eigenvalue weighted by Crippen LogP contribution is -2.25. The third-order valence-corrected chi connectivity index (χ3v) is 4.14. The number of H-pyrrole nitrogens is 1. The fraction of sp³-hybridized carbons (Fsp3) is 0.200. The highest BCUT2D eigenvalue weighted by Gasteiger charge is 2.05. The Kier molecular flexibility index (Phi) is 5.14. The number of amides is 1. The van der Waals surface area contributed by atoms with E-state index < -0.39 is 5.97 Å². The molecule has 5 nitrogen and oxygen atoms in total. The van der Waals surface area contributed by atoms with Gasteiger partial charge in [0.2, 0.25) is 5.91 Å². The number of carboxylic acids is 1. The summed E-state index contributed by atoms with van der Waals surface area (Å²) >= 11 is 0. The molecule has 0 saturated heterocycles. The van der Waals surface area contributed by atoms with Gasteiger partial charge >= 0.3 is 5.97 Å². The van der Waals surface area contributed by atoms with Crippen molar-refractivity contribution < 1.29 is 14.7 Å². The van der Waals surface area contributed by atoms with Crippen LogP contribution in [0.5, 0.6) is 0 Å². The van der Waals surface area contributed by atoms with Crippen LogP contribution in [0.2, 0.25) is 0 Å². The zero-order chi connectivity index (χ0) is 17.6. The first-order valence-electron chi connectivity index (χ1n) is 8.27. The second kappa shape index (κ2) is 7.66. The normalized spacial score (nSPS) is 10.7. The van der Waals surface area contributed by atoms with Gasteiger partial charge in [0.05, 0.1) is 5.56 Å². The third kappa shape index (κ3) is 4.47. The minimum atomic E-state index is -0.943.